The molecule has 0 aromatic carbocycles. The molecule has 4 heterocycles. The first-order valence-electron chi connectivity index (χ1n) is 8.16. The zero-order valence-corrected chi connectivity index (χ0v) is 14.1. The van der Waals surface area contributed by atoms with Gasteiger partial charge in [-0.3, -0.25) is 4.79 Å². The first-order chi connectivity index (χ1) is 11.5. The molecule has 0 aliphatic carbocycles. The molecule has 1 saturated heterocycles. The maximum Gasteiger partial charge on any atom is 0.274 e. The molecule has 1 N–H and O–H groups in total. The predicted octanol–water partition coefficient (Wildman–Crippen LogP) is 2.01. The van der Waals surface area contributed by atoms with Crippen LogP contribution in [-0.4, -0.2) is 48.5 Å². The Morgan fingerprint density at radius 1 is 1.29 bits per heavy atom. The fraction of sp³-hybridized carbons (Fsp3) is 0.412. The van der Waals surface area contributed by atoms with E-state index in [9.17, 15) is 4.79 Å². The highest BCUT2D eigenvalue weighted by atomic mass is 16.2. The molecule has 124 valence electrons. The number of hydrogen-bond donors (Lipinski definition) is 1. The summed E-state index contributed by atoms with van der Waals surface area (Å²) in [6.07, 6.45) is 2.75. The number of hydrogen-bond acceptors (Lipinski definition) is 4. The minimum atomic E-state index is -0.0386. The smallest absolute Gasteiger partial charge is 0.274 e. The summed E-state index contributed by atoms with van der Waals surface area (Å²) >= 11 is 0. The molecule has 24 heavy (non-hydrogen) atoms. The van der Waals surface area contributed by atoms with Crippen molar-refractivity contribution in [2.45, 2.75) is 33.1 Å². The van der Waals surface area contributed by atoms with Gasteiger partial charge in [0.2, 0.25) is 0 Å². The van der Waals surface area contributed by atoms with Gasteiger partial charge in [-0.2, -0.15) is 5.10 Å². The molecule has 1 unspecified atom stereocenters. The van der Waals surface area contributed by atoms with Gasteiger partial charge in [-0.1, -0.05) is 0 Å². The van der Waals surface area contributed by atoms with Crippen molar-refractivity contribution >= 4 is 11.6 Å². The van der Waals surface area contributed by atoms with Crippen LogP contribution in [0.15, 0.2) is 18.3 Å². The summed E-state index contributed by atoms with van der Waals surface area (Å²) in [5, 5.41) is 4.44. The van der Waals surface area contributed by atoms with Crippen LogP contribution in [0.2, 0.25) is 0 Å². The molecule has 7 nitrogen and oxygen atoms in total. The fourth-order valence-electron chi connectivity index (χ4n) is 3.36. The van der Waals surface area contributed by atoms with Crippen LogP contribution in [0.5, 0.6) is 0 Å². The second-order valence-electron chi connectivity index (χ2n) is 6.53. The standard InChI is InChI=1S/C17H20N6O/c1-10-6-12(3)23-15(19-10)7-14(21-23)17(24)22-5-4-13(9-22)16-18-8-11(2)20-16/h6-8,13H,4-5,9H2,1-3H3,(H,18,20). The number of aryl methyl sites for hydroxylation is 3. The Bertz CT molecular complexity index is 924. The number of nitrogens with zero attached hydrogens (tertiary/aromatic N) is 5. The lowest BCUT2D eigenvalue weighted by Crippen LogP contribution is -2.29. The average molecular weight is 324 g/mol. The third-order valence-corrected chi connectivity index (χ3v) is 4.54. The van der Waals surface area contributed by atoms with Crippen molar-refractivity contribution in [3.05, 3.63) is 46.9 Å². The molecule has 0 bridgehead atoms. The number of imidazole rings is 1. The number of nitrogens with one attached hydrogen (secondary N) is 1. The minimum absolute atomic E-state index is 0.0386. The zero-order valence-electron chi connectivity index (χ0n) is 14.1. The van der Waals surface area contributed by atoms with Gasteiger partial charge in [0.1, 0.15) is 5.82 Å². The average Bonchev–Trinajstić information content (AvgIpc) is 3.24. The molecule has 3 aromatic heterocycles. The molecule has 0 spiro atoms. The maximum absolute atomic E-state index is 12.8. The molecule has 1 aliphatic rings. The molecule has 1 atom stereocenters. The Hall–Kier alpha value is -2.70. The number of rotatable bonds is 2. The van der Waals surface area contributed by atoms with Gasteiger partial charge in [0.05, 0.1) is 0 Å². The van der Waals surface area contributed by atoms with Crippen molar-refractivity contribution in [3.63, 3.8) is 0 Å². The van der Waals surface area contributed by atoms with Crippen LogP contribution in [0.3, 0.4) is 0 Å². The topological polar surface area (TPSA) is 79.2 Å². The van der Waals surface area contributed by atoms with E-state index in [2.05, 4.69) is 20.1 Å². The van der Waals surface area contributed by atoms with E-state index >= 15 is 0 Å². The maximum atomic E-state index is 12.8. The van der Waals surface area contributed by atoms with E-state index in [-0.39, 0.29) is 11.8 Å². The van der Waals surface area contributed by atoms with Gasteiger partial charge >= 0.3 is 0 Å². The Kier molecular flexibility index (Phi) is 3.37. The molecule has 0 saturated carbocycles. The van der Waals surface area contributed by atoms with Gasteiger partial charge in [0.25, 0.3) is 5.91 Å². The van der Waals surface area contributed by atoms with Crippen LogP contribution < -0.4 is 0 Å². The van der Waals surface area contributed by atoms with Crippen LogP contribution in [-0.2, 0) is 0 Å². The number of H-pyrrole nitrogens is 1. The van der Waals surface area contributed by atoms with Crippen LogP contribution >= 0.6 is 0 Å². The molecule has 1 amide bonds. The molecular formula is C17H20N6O. The Morgan fingerprint density at radius 2 is 2.12 bits per heavy atom. The Labute approximate surface area is 139 Å². The number of fused-ring (bicyclic) bond motifs is 1. The molecular weight excluding hydrogens is 304 g/mol. The van der Waals surface area contributed by atoms with Crippen molar-refractivity contribution in [1.82, 2.24) is 29.5 Å². The number of amides is 1. The first kappa shape index (κ1) is 14.9. The van der Waals surface area contributed by atoms with E-state index in [1.165, 1.54) is 0 Å². The third kappa shape index (κ3) is 2.46. The van der Waals surface area contributed by atoms with E-state index in [0.717, 1.165) is 35.9 Å². The number of aromatic amines is 1. The van der Waals surface area contributed by atoms with Gasteiger partial charge in [0, 0.05) is 48.4 Å². The molecule has 3 aromatic rings. The Balaban J connectivity index is 1.57. The number of aromatic nitrogens is 5. The molecule has 7 heteroatoms. The van der Waals surface area contributed by atoms with E-state index in [0.29, 0.717) is 17.9 Å². The van der Waals surface area contributed by atoms with Crippen LogP contribution in [0, 0.1) is 20.8 Å². The van der Waals surface area contributed by atoms with Gasteiger partial charge in [-0.15, -0.1) is 0 Å². The highest BCUT2D eigenvalue weighted by molar-refractivity contribution is 5.93. The van der Waals surface area contributed by atoms with Gasteiger partial charge in [0.15, 0.2) is 11.3 Å². The number of carbonyl (C=O) groups is 1. The van der Waals surface area contributed by atoms with E-state index in [1.54, 1.807) is 10.6 Å². The van der Waals surface area contributed by atoms with Crippen LogP contribution in [0.25, 0.3) is 5.65 Å². The zero-order chi connectivity index (χ0) is 16.8. The second kappa shape index (κ2) is 5.43. The lowest BCUT2D eigenvalue weighted by molar-refractivity contribution is 0.0784. The third-order valence-electron chi connectivity index (χ3n) is 4.54. The summed E-state index contributed by atoms with van der Waals surface area (Å²) in [6.45, 7) is 7.29. The number of carbonyl (C=O) groups excluding carboxylic acids is 1. The molecule has 1 fully saturated rings. The normalized spacial score (nSPS) is 17.8. The summed E-state index contributed by atoms with van der Waals surface area (Å²) < 4.78 is 1.73. The SMILES string of the molecule is Cc1cc(C)n2nc(C(=O)N3CCC(c4ncc(C)[nH]4)C3)cc2n1. The Morgan fingerprint density at radius 3 is 2.88 bits per heavy atom. The largest absolute Gasteiger partial charge is 0.346 e. The van der Waals surface area contributed by atoms with Gasteiger partial charge in [-0.05, 0) is 33.3 Å². The lowest BCUT2D eigenvalue weighted by atomic mass is 10.1. The van der Waals surface area contributed by atoms with Crippen molar-refractivity contribution in [2.24, 2.45) is 0 Å². The summed E-state index contributed by atoms with van der Waals surface area (Å²) in [6, 6.07) is 3.73. The van der Waals surface area contributed by atoms with Crippen molar-refractivity contribution in [1.29, 1.82) is 0 Å². The summed E-state index contributed by atoms with van der Waals surface area (Å²) in [4.78, 5) is 26.8. The van der Waals surface area contributed by atoms with Crippen LogP contribution in [0.4, 0.5) is 0 Å². The van der Waals surface area contributed by atoms with Gasteiger partial charge < -0.3 is 9.88 Å². The number of likely N-dealkylation sites (tertiary alicyclic amines) is 1. The van der Waals surface area contributed by atoms with Crippen LogP contribution in [0.1, 0.15) is 45.7 Å². The van der Waals surface area contributed by atoms with Crippen molar-refractivity contribution in [2.75, 3.05) is 13.1 Å². The van der Waals surface area contributed by atoms with Crippen molar-refractivity contribution in [3.8, 4) is 0 Å². The van der Waals surface area contributed by atoms with E-state index in [4.69, 9.17) is 0 Å². The highest BCUT2D eigenvalue weighted by Gasteiger charge is 2.30. The molecule has 1 aliphatic heterocycles. The van der Waals surface area contributed by atoms with E-state index < -0.39 is 0 Å². The van der Waals surface area contributed by atoms with E-state index in [1.807, 2.05) is 37.9 Å². The first-order valence-corrected chi connectivity index (χ1v) is 8.16. The second-order valence-corrected chi connectivity index (χ2v) is 6.53. The fourth-order valence-corrected chi connectivity index (χ4v) is 3.36. The predicted molar refractivity (Wildman–Crippen MR) is 89.0 cm³/mol. The van der Waals surface area contributed by atoms with Gasteiger partial charge in [-0.25, -0.2) is 14.5 Å². The molecule has 4 rings (SSSR count). The summed E-state index contributed by atoms with van der Waals surface area (Å²) in [5.74, 6) is 1.19. The quantitative estimate of drug-likeness (QED) is 0.782. The minimum Gasteiger partial charge on any atom is -0.346 e. The lowest BCUT2D eigenvalue weighted by Gasteiger charge is -2.14. The summed E-state index contributed by atoms with van der Waals surface area (Å²) in [5.41, 5.74) is 4.11. The summed E-state index contributed by atoms with van der Waals surface area (Å²) in [7, 11) is 0. The monoisotopic (exact) mass is 324 g/mol. The highest BCUT2D eigenvalue weighted by Crippen LogP contribution is 2.26. The molecule has 0 radical (unpaired) electrons. The van der Waals surface area contributed by atoms with Crippen molar-refractivity contribution < 1.29 is 4.79 Å².